The van der Waals surface area contributed by atoms with Gasteiger partial charge in [-0.05, 0) is 90.0 Å². The molecule has 0 aromatic rings. The molecule has 4 N–H and O–H groups in total. The number of esters is 1. The maximum Gasteiger partial charge on any atom is 0.334 e. The third kappa shape index (κ3) is 14.7. The fourth-order valence-corrected chi connectivity index (χ4v) is 7.28. The van der Waals surface area contributed by atoms with Crippen LogP contribution >= 0.6 is 0 Å². The van der Waals surface area contributed by atoms with Crippen molar-refractivity contribution in [3.8, 4) is 0 Å². The molecule has 0 amide bonds. The lowest BCUT2D eigenvalue weighted by atomic mass is 9.99. The van der Waals surface area contributed by atoms with E-state index >= 15 is 0 Å². The van der Waals surface area contributed by atoms with E-state index in [9.17, 15) is 25.2 Å². The van der Waals surface area contributed by atoms with E-state index in [0.717, 1.165) is 103 Å². The third-order valence-corrected chi connectivity index (χ3v) is 10.1. The lowest BCUT2D eigenvalue weighted by molar-refractivity contribution is -0.139. The molecular weight excluding hydrogens is 572 g/mol. The average molecular weight is 639 g/mol. The molecule has 9 unspecified atom stereocenters. The third-order valence-electron chi connectivity index (χ3n) is 10.1. The molecule has 0 saturated carbocycles. The molecule has 0 bridgehead atoms. The van der Waals surface area contributed by atoms with Gasteiger partial charge in [0, 0.05) is 5.57 Å². The molecule has 0 spiro atoms. The fourth-order valence-electron chi connectivity index (χ4n) is 7.28. The number of aliphatic hydroxyl groups is 4. The standard InChI is InChI=1S/C37H66O8/c1-3-4-5-11-15-29(38)17-14-19-32(41)34-23-25-36(45-34)35-24-22-33(44-35)31(40)18-13-10-8-6-7-9-12-16-30(39)21-20-28-26-27(2)43-37(28)42/h26-27,29-36,38-41H,3-25H2,1-2H3. The molecule has 3 heterocycles. The fraction of sp³-hybridized carbons (Fsp3) is 0.919. The number of carbonyl (C=O) groups excluding carboxylic acids is 1. The SMILES string of the molecule is CCCCCCC(O)CCCC(O)C1CCC(C2CCC(C(O)CCCCCCCCCC(O)CCC3=CC(C)OC3=O)O2)O1. The maximum absolute atomic E-state index is 11.7. The number of cyclic esters (lactones) is 1. The summed E-state index contributed by atoms with van der Waals surface area (Å²) in [5, 5.41) is 41.9. The van der Waals surface area contributed by atoms with Crippen molar-refractivity contribution >= 4 is 5.97 Å². The first-order chi connectivity index (χ1) is 21.8. The Morgan fingerprint density at radius 3 is 1.64 bits per heavy atom. The van der Waals surface area contributed by atoms with Crippen molar-refractivity contribution in [1.82, 2.24) is 0 Å². The van der Waals surface area contributed by atoms with Gasteiger partial charge in [-0.15, -0.1) is 0 Å². The van der Waals surface area contributed by atoms with Crippen LogP contribution in [0.15, 0.2) is 11.6 Å². The van der Waals surface area contributed by atoms with Gasteiger partial charge in [-0.1, -0.05) is 77.6 Å². The van der Waals surface area contributed by atoms with Crippen LogP contribution in [0.5, 0.6) is 0 Å². The molecule has 3 rings (SSSR count). The zero-order chi connectivity index (χ0) is 32.4. The Morgan fingerprint density at radius 2 is 1.11 bits per heavy atom. The van der Waals surface area contributed by atoms with Crippen LogP contribution in [0.4, 0.5) is 0 Å². The number of hydrogen-bond donors (Lipinski definition) is 4. The number of ether oxygens (including phenoxy) is 3. The molecule has 2 fully saturated rings. The van der Waals surface area contributed by atoms with E-state index in [4.69, 9.17) is 14.2 Å². The molecule has 3 aliphatic rings. The molecule has 2 saturated heterocycles. The van der Waals surface area contributed by atoms with Crippen LogP contribution in [0, 0.1) is 0 Å². The van der Waals surface area contributed by atoms with Gasteiger partial charge in [-0.2, -0.15) is 0 Å². The zero-order valence-electron chi connectivity index (χ0n) is 28.5. The number of aliphatic hydroxyl groups excluding tert-OH is 4. The topological polar surface area (TPSA) is 126 Å². The van der Waals surface area contributed by atoms with Gasteiger partial charge in [0.25, 0.3) is 0 Å². The van der Waals surface area contributed by atoms with E-state index in [1.165, 1.54) is 25.7 Å². The first-order valence-corrected chi connectivity index (χ1v) is 18.7. The number of rotatable bonds is 25. The van der Waals surface area contributed by atoms with Gasteiger partial charge in [0.05, 0.1) is 48.8 Å². The smallest absolute Gasteiger partial charge is 0.334 e. The molecule has 0 aromatic heterocycles. The summed E-state index contributed by atoms with van der Waals surface area (Å²) in [5.74, 6) is -0.237. The Kier molecular flexibility index (Phi) is 18.6. The monoisotopic (exact) mass is 638 g/mol. The van der Waals surface area contributed by atoms with Crippen molar-refractivity contribution in [1.29, 1.82) is 0 Å². The van der Waals surface area contributed by atoms with Crippen LogP contribution in [0.3, 0.4) is 0 Å². The first-order valence-electron chi connectivity index (χ1n) is 18.7. The van der Waals surface area contributed by atoms with Gasteiger partial charge in [-0.3, -0.25) is 0 Å². The molecular formula is C37H66O8. The summed E-state index contributed by atoms with van der Waals surface area (Å²) < 4.78 is 17.6. The minimum atomic E-state index is -0.492. The van der Waals surface area contributed by atoms with Crippen molar-refractivity contribution in [2.75, 3.05) is 0 Å². The van der Waals surface area contributed by atoms with Gasteiger partial charge in [0.15, 0.2) is 0 Å². The van der Waals surface area contributed by atoms with E-state index in [2.05, 4.69) is 6.92 Å². The molecule has 0 aromatic carbocycles. The molecule has 0 aliphatic carbocycles. The highest BCUT2D eigenvalue weighted by Crippen LogP contribution is 2.34. The van der Waals surface area contributed by atoms with Gasteiger partial charge in [-0.25, -0.2) is 4.79 Å². The Hall–Kier alpha value is -1.03. The minimum Gasteiger partial charge on any atom is -0.455 e. The molecule has 8 heteroatoms. The van der Waals surface area contributed by atoms with Gasteiger partial charge < -0.3 is 34.6 Å². The maximum atomic E-state index is 11.7. The predicted molar refractivity (Wildman–Crippen MR) is 177 cm³/mol. The van der Waals surface area contributed by atoms with Gasteiger partial charge >= 0.3 is 5.97 Å². The van der Waals surface area contributed by atoms with Crippen molar-refractivity contribution in [2.45, 2.75) is 216 Å². The largest absolute Gasteiger partial charge is 0.455 e. The van der Waals surface area contributed by atoms with Crippen molar-refractivity contribution < 1.29 is 39.4 Å². The Balaban J connectivity index is 1.15. The number of unbranched alkanes of at least 4 members (excludes halogenated alkanes) is 9. The molecule has 9 atom stereocenters. The highest BCUT2D eigenvalue weighted by molar-refractivity contribution is 5.90. The van der Waals surface area contributed by atoms with E-state index in [-0.39, 0.29) is 48.7 Å². The number of carbonyl (C=O) groups is 1. The molecule has 8 nitrogen and oxygen atoms in total. The van der Waals surface area contributed by atoms with Crippen LogP contribution < -0.4 is 0 Å². The van der Waals surface area contributed by atoms with Crippen LogP contribution in [0.25, 0.3) is 0 Å². The van der Waals surface area contributed by atoms with Crippen molar-refractivity contribution in [2.24, 2.45) is 0 Å². The second-order valence-electron chi connectivity index (χ2n) is 14.2. The molecule has 3 aliphatic heterocycles. The lowest BCUT2D eigenvalue weighted by Crippen LogP contribution is -2.33. The first kappa shape index (κ1) is 38.4. The van der Waals surface area contributed by atoms with E-state index in [1.54, 1.807) is 0 Å². The summed E-state index contributed by atoms with van der Waals surface area (Å²) in [4.78, 5) is 11.7. The van der Waals surface area contributed by atoms with E-state index < -0.39 is 12.2 Å². The summed E-state index contributed by atoms with van der Waals surface area (Å²) in [6.07, 6.45) is 21.7. The minimum absolute atomic E-state index is 0.000530. The Bertz CT molecular complexity index is 833. The normalized spacial score (nSPS) is 27.8. The second kappa shape index (κ2) is 21.8. The van der Waals surface area contributed by atoms with E-state index in [1.807, 2.05) is 13.0 Å². The number of hydrogen-bond acceptors (Lipinski definition) is 8. The predicted octanol–water partition coefficient (Wildman–Crippen LogP) is 6.83. The van der Waals surface area contributed by atoms with E-state index in [0.29, 0.717) is 24.8 Å². The molecule has 262 valence electrons. The van der Waals surface area contributed by atoms with Crippen LogP contribution in [0.2, 0.25) is 0 Å². The Labute approximate surface area is 273 Å². The molecule has 0 radical (unpaired) electrons. The van der Waals surface area contributed by atoms with Gasteiger partial charge in [0.1, 0.15) is 6.10 Å². The summed E-state index contributed by atoms with van der Waals surface area (Å²) in [6, 6.07) is 0. The van der Waals surface area contributed by atoms with Crippen molar-refractivity contribution in [3.63, 3.8) is 0 Å². The van der Waals surface area contributed by atoms with Crippen molar-refractivity contribution in [3.05, 3.63) is 11.6 Å². The second-order valence-corrected chi connectivity index (χ2v) is 14.2. The average Bonchev–Trinajstić information content (AvgIpc) is 3.77. The van der Waals surface area contributed by atoms with Gasteiger partial charge in [0.2, 0.25) is 0 Å². The molecule has 45 heavy (non-hydrogen) atoms. The van der Waals surface area contributed by atoms with Crippen LogP contribution in [-0.4, -0.2) is 81.3 Å². The summed E-state index contributed by atoms with van der Waals surface area (Å²) in [7, 11) is 0. The Morgan fingerprint density at radius 1 is 0.644 bits per heavy atom. The summed E-state index contributed by atoms with van der Waals surface area (Å²) >= 11 is 0. The lowest BCUT2D eigenvalue weighted by Gasteiger charge is -2.24. The highest BCUT2D eigenvalue weighted by atomic mass is 16.6. The summed E-state index contributed by atoms with van der Waals surface area (Å²) in [6.45, 7) is 4.05. The van der Waals surface area contributed by atoms with Crippen LogP contribution in [0.1, 0.15) is 162 Å². The zero-order valence-corrected chi connectivity index (χ0v) is 28.5. The summed E-state index contributed by atoms with van der Waals surface area (Å²) in [5.41, 5.74) is 0.700. The van der Waals surface area contributed by atoms with Crippen LogP contribution in [-0.2, 0) is 19.0 Å². The quantitative estimate of drug-likeness (QED) is 0.0634. The highest BCUT2D eigenvalue weighted by Gasteiger charge is 2.40.